The lowest BCUT2D eigenvalue weighted by Gasteiger charge is -2.07. The van der Waals surface area contributed by atoms with E-state index in [0.717, 1.165) is 18.4 Å². The van der Waals surface area contributed by atoms with Gasteiger partial charge in [-0.3, -0.25) is 9.59 Å². The Hall–Kier alpha value is -2.33. The van der Waals surface area contributed by atoms with Crippen LogP contribution in [0.3, 0.4) is 0 Å². The molecule has 4 nitrogen and oxygen atoms in total. The second-order valence-electron chi connectivity index (χ2n) is 6.00. The molecule has 0 spiro atoms. The number of hydrogen-bond acceptors (Lipinski definition) is 2. The molecule has 1 fully saturated rings. The van der Waals surface area contributed by atoms with Crippen molar-refractivity contribution in [1.82, 2.24) is 5.32 Å². The third kappa shape index (κ3) is 4.83. The van der Waals surface area contributed by atoms with Gasteiger partial charge in [-0.25, -0.2) is 0 Å². The smallest absolute Gasteiger partial charge is 0.251 e. The predicted molar refractivity (Wildman–Crippen MR) is 95.3 cm³/mol. The number of halogens is 1. The first kappa shape index (κ1) is 16.5. The first-order valence-corrected chi connectivity index (χ1v) is 8.43. The molecule has 0 aliphatic heterocycles. The Labute approximate surface area is 146 Å². The number of carbonyl (C=O) groups excluding carboxylic acids is 2. The van der Waals surface area contributed by atoms with E-state index in [1.165, 1.54) is 0 Å². The summed E-state index contributed by atoms with van der Waals surface area (Å²) in [6.07, 6.45) is 3.14. The Morgan fingerprint density at radius 2 is 1.83 bits per heavy atom. The van der Waals surface area contributed by atoms with E-state index in [2.05, 4.69) is 10.6 Å². The van der Waals surface area contributed by atoms with Crippen molar-refractivity contribution in [3.8, 4) is 0 Å². The molecule has 0 atom stereocenters. The van der Waals surface area contributed by atoms with Gasteiger partial charge < -0.3 is 10.6 Å². The summed E-state index contributed by atoms with van der Waals surface area (Å²) >= 11 is 5.93. The van der Waals surface area contributed by atoms with Crippen molar-refractivity contribution in [3.63, 3.8) is 0 Å². The second kappa shape index (κ2) is 7.49. The van der Waals surface area contributed by atoms with E-state index in [0.29, 0.717) is 35.2 Å². The van der Waals surface area contributed by atoms with Crippen LogP contribution in [0.25, 0.3) is 0 Å². The average Bonchev–Trinajstić information content (AvgIpc) is 3.38. The molecule has 3 rings (SSSR count). The summed E-state index contributed by atoms with van der Waals surface area (Å²) in [7, 11) is 0. The minimum atomic E-state index is -0.0647. The molecule has 0 saturated heterocycles. The topological polar surface area (TPSA) is 58.2 Å². The Kier molecular flexibility index (Phi) is 5.16. The number of anilines is 1. The molecule has 2 aromatic carbocycles. The fourth-order valence-electron chi connectivity index (χ4n) is 2.38. The largest absolute Gasteiger partial charge is 0.349 e. The van der Waals surface area contributed by atoms with Gasteiger partial charge in [0.2, 0.25) is 5.91 Å². The second-order valence-corrected chi connectivity index (χ2v) is 6.44. The van der Waals surface area contributed by atoms with E-state index in [1.807, 2.05) is 24.3 Å². The van der Waals surface area contributed by atoms with Crippen LogP contribution < -0.4 is 10.6 Å². The van der Waals surface area contributed by atoms with Gasteiger partial charge in [-0.15, -0.1) is 0 Å². The summed E-state index contributed by atoms with van der Waals surface area (Å²) in [6.45, 7) is 0. The molecule has 2 aromatic rings. The Bertz CT molecular complexity index is 739. The molecule has 0 bridgehead atoms. The van der Waals surface area contributed by atoms with E-state index in [-0.39, 0.29) is 11.8 Å². The molecular weight excluding hydrogens is 324 g/mol. The molecule has 0 aromatic heterocycles. The molecule has 1 aliphatic carbocycles. The molecule has 5 heteroatoms. The van der Waals surface area contributed by atoms with Gasteiger partial charge in [-0.05, 0) is 61.2 Å². The maximum absolute atomic E-state index is 12.0. The van der Waals surface area contributed by atoms with Crippen molar-refractivity contribution < 1.29 is 9.59 Å². The molecule has 2 N–H and O–H groups in total. The Morgan fingerprint density at radius 3 is 2.50 bits per heavy atom. The van der Waals surface area contributed by atoms with Crippen LogP contribution in [-0.2, 0) is 11.2 Å². The van der Waals surface area contributed by atoms with Gasteiger partial charge in [0.25, 0.3) is 5.91 Å². The standard InChI is InChI=1S/C19H19ClN2O2/c20-15-3-1-2-13(12-15)4-11-18(23)21-16-7-5-14(6-8-16)19(24)22-17-9-10-17/h1-3,5-8,12,17H,4,9-11H2,(H,21,23)(H,22,24). The van der Waals surface area contributed by atoms with Gasteiger partial charge in [0.05, 0.1) is 0 Å². The first-order valence-electron chi connectivity index (χ1n) is 8.05. The van der Waals surface area contributed by atoms with Crippen LogP contribution in [0.4, 0.5) is 5.69 Å². The van der Waals surface area contributed by atoms with Crippen LogP contribution in [-0.4, -0.2) is 17.9 Å². The Balaban J connectivity index is 1.49. The normalized spacial score (nSPS) is 13.4. The van der Waals surface area contributed by atoms with Crippen LogP contribution in [0.2, 0.25) is 5.02 Å². The van der Waals surface area contributed by atoms with Gasteiger partial charge in [0, 0.05) is 28.7 Å². The molecule has 2 amide bonds. The van der Waals surface area contributed by atoms with Gasteiger partial charge in [-0.1, -0.05) is 23.7 Å². The van der Waals surface area contributed by atoms with Crippen molar-refractivity contribution in [2.45, 2.75) is 31.7 Å². The molecular formula is C19H19ClN2O2. The number of carbonyl (C=O) groups is 2. The van der Waals surface area contributed by atoms with Gasteiger partial charge in [0.1, 0.15) is 0 Å². The molecule has 1 aliphatic rings. The average molecular weight is 343 g/mol. The molecule has 24 heavy (non-hydrogen) atoms. The zero-order valence-electron chi connectivity index (χ0n) is 13.2. The van der Waals surface area contributed by atoms with Crippen molar-refractivity contribution in [1.29, 1.82) is 0 Å². The maximum atomic E-state index is 12.0. The molecule has 1 saturated carbocycles. The van der Waals surface area contributed by atoms with Crippen molar-refractivity contribution in [2.24, 2.45) is 0 Å². The van der Waals surface area contributed by atoms with Crippen LogP contribution in [0.5, 0.6) is 0 Å². The SMILES string of the molecule is O=C(CCc1cccc(Cl)c1)Nc1ccc(C(=O)NC2CC2)cc1. The number of benzene rings is 2. The van der Waals surface area contributed by atoms with Crippen LogP contribution >= 0.6 is 11.6 Å². The third-order valence-electron chi connectivity index (χ3n) is 3.87. The fraction of sp³-hybridized carbons (Fsp3) is 0.263. The van der Waals surface area contributed by atoms with E-state index in [4.69, 9.17) is 11.6 Å². The van der Waals surface area contributed by atoms with Gasteiger partial charge >= 0.3 is 0 Å². The highest BCUT2D eigenvalue weighted by Gasteiger charge is 2.23. The van der Waals surface area contributed by atoms with E-state index < -0.39 is 0 Å². The number of amides is 2. The summed E-state index contributed by atoms with van der Waals surface area (Å²) in [5, 5.41) is 6.45. The summed E-state index contributed by atoms with van der Waals surface area (Å²) < 4.78 is 0. The van der Waals surface area contributed by atoms with Gasteiger partial charge in [-0.2, -0.15) is 0 Å². The Morgan fingerprint density at radius 1 is 1.08 bits per heavy atom. The lowest BCUT2D eigenvalue weighted by atomic mass is 10.1. The van der Waals surface area contributed by atoms with E-state index in [1.54, 1.807) is 24.3 Å². The van der Waals surface area contributed by atoms with Crippen molar-refractivity contribution in [3.05, 3.63) is 64.7 Å². The first-order chi connectivity index (χ1) is 11.6. The highest BCUT2D eigenvalue weighted by molar-refractivity contribution is 6.30. The quantitative estimate of drug-likeness (QED) is 0.838. The minimum absolute atomic E-state index is 0.0590. The lowest BCUT2D eigenvalue weighted by molar-refractivity contribution is -0.116. The molecule has 124 valence electrons. The van der Waals surface area contributed by atoms with Crippen LogP contribution in [0.15, 0.2) is 48.5 Å². The minimum Gasteiger partial charge on any atom is -0.349 e. The van der Waals surface area contributed by atoms with Gasteiger partial charge in [0.15, 0.2) is 0 Å². The maximum Gasteiger partial charge on any atom is 0.251 e. The number of nitrogens with one attached hydrogen (secondary N) is 2. The number of aryl methyl sites for hydroxylation is 1. The molecule has 0 unspecified atom stereocenters. The fourth-order valence-corrected chi connectivity index (χ4v) is 2.59. The predicted octanol–water partition coefficient (Wildman–Crippen LogP) is 3.80. The monoisotopic (exact) mass is 342 g/mol. The third-order valence-corrected chi connectivity index (χ3v) is 4.11. The molecule has 0 radical (unpaired) electrons. The highest BCUT2D eigenvalue weighted by atomic mass is 35.5. The number of rotatable bonds is 6. The zero-order valence-corrected chi connectivity index (χ0v) is 14.0. The van der Waals surface area contributed by atoms with Crippen LogP contribution in [0.1, 0.15) is 35.2 Å². The molecule has 0 heterocycles. The van der Waals surface area contributed by atoms with Crippen molar-refractivity contribution in [2.75, 3.05) is 5.32 Å². The number of hydrogen-bond donors (Lipinski definition) is 2. The van der Waals surface area contributed by atoms with Crippen molar-refractivity contribution >= 4 is 29.1 Å². The van der Waals surface area contributed by atoms with E-state index in [9.17, 15) is 9.59 Å². The summed E-state index contributed by atoms with van der Waals surface area (Å²) in [4.78, 5) is 23.9. The van der Waals surface area contributed by atoms with E-state index >= 15 is 0 Å². The summed E-state index contributed by atoms with van der Waals surface area (Å²) in [5.74, 6) is -0.124. The summed E-state index contributed by atoms with van der Waals surface area (Å²) in [5.41, 5.74) is 2.33. The highest BCUT2D eigenvalue weighted by Crippen LogP contribution is 2.20. The zero-order chi connectivity index (χ0) is 16.9. The van der Waals surface area contributed by atoms with Crippen LogP contribution in [0, 0.1) is 0 Å². The lowest BCUT2D eigenvalue weighted by Crippen LogP contribution is -2.25. The summed E-state index contributed by atoms with van der Waals surface area (Å²) in [6, 6.07) is 14.8.